The van der Waals surface area contributed by atoms with Crippen molar-refractivity contribution >= 4 is 34.3 Å². The number of thioether (sulfide) groups is 1. The Kier molecular flexibility index (Phi) is 4.43. The summed E-state index contributed by atoms with van der Waals surface area (Å²) in [6, 6.07) is 7.31. The van der Waals surface area contributed by atoms with E-state index in [1.165, 1.54) is 23.7 Å². The third kappa shape index (κ3) is 3.39. The molecule has 0 spiro atoms. The smallest absolute Gasteiger partial charge is 0.303 e. The maximum absolute atomic E-state index is 11.6. The Morgan fingerprint density at radius 2 is 2.20 bits per heavy atom. The van der Waals surface area contributed by atoms with Gasteiger partial charge in [0.1, 0.15) is 6.54 Å². The Morgan fingerprint density at radius 3 is 2.80 bits per heavy atom. The molecule has 1 aliphatic rings. The number of benzene rings is 1. The maximum atomic E-state index is 11.6. The molecule has 5 nitrogen and oxygen atoms in total. The second-order valence-corrected chi connectivity index (χ2v) is 5.05. The second kappa shape index (κ2) is 6.26. The monoisotopic (exact) mass is 287 g/mol. The lowest BCUT2D eigenvalue weighted by Gasteiger charge is -2.21. The largest absolute Gasteiger partial charge is 0.326 e. The van der Waals surface area contributed by atoms with Crippen LogP contribution in [0.25, 0.3) is 0 Å². The highest BCUT2D eigenvalue weighted by atomic mass is 32.2. The lowest BCUT2D eigenvalue weighted by atomic mass is 10.1. The van der Waals surface area contributed by atoms with Crippen molar-refractivity contribution < 1.29 is 9.59 Å². The predicted octanol–water partition coefficient (Wildman–Crippen LogP) is 2.15. The number of carbonyl (C=O) groups excluding carboxylic acids is 2. The van der Waals surface area contributed by atoms with Gasteiger partial charge in [-0.25, -0.2) is 5.01 Å². The number of carbonyl (C=O) groups is 2. The minimum Gasteiger partial charge on any atom is -0.326 e. The van der Waals surface area contributed by atoms with E-state index in [4.69, 9.17) is 6.42 Å². The average molecular weight is 287 g/mol. The molecule has 0 bridgehead atoms. The zero-order chi connectivity index (χ0) is 14.5. The number of anilines is 1. The van der Waals surface area contributed by atoms with Crippen LogP contribution in [-0.4, -0.2) is 34.2 Å². The second-order valence-electron chi connectivity index (χ2n) is 4.12. The minimum absolute atomic E-state index is 0.117. The van der Waals surface area contributed by atoms with E-state index >= 15 is 0 Å². The number of hydrogen-bond acceptors (Lipinski definition) is 4. The summed E-state index contributed by atoms with van der Waals surface area (Å²) < 4.78 is 0. The van der Waals surface area contributed by atoms with Crippen LogP contribution in [0.1, 0.15) is 12.5 Å². The quantitative estimate of drug-likeness (QED) is 0.866. The summed E-state index contributed by atoms with van der Waals surface area (Å²) in [6.45, 7) is 1.62. The van der Waals surface area contributed by atoms with Gasteiger partial charge in [0.05, 0.1) is 5.71 Å². The Balaban J connectivity index is 2.19. The summed E-state index contributed by atoms with van der Waals surface area (Å²) in [5.74, 6) is 2.80. The van der Waals surface area contributed by atoms with Crippen molar-refractivity contribution in [3.8, 4) is 12.3 Å². The first kappa shape index (κ1) is 14.2. The van der Waals surface area contributed by atoms with Crippen molar-refractivity contribution in [2.75, 3.05) is 17.6 Å². The van der Waals surface area contributed by atoms with Crippen LogP contribution < -0.4 is 5.32 Å². The van der Waals surface area contributed by atoms with Gasteiger partial charge < -0.3 is 5.32 Å². The Labute approximate surface area is 121 Å². The summed E-state index contributed by atoms with van der Waals surface area (Å²) in [4.78, 5) is 22.5. The van der Waals surface area contributed by atoms with Gasteiger partial charge in [-0.05, 0) is 17.7 Å². The van der Waals surface area contributed by atoms with Gasteiger partial charge in [-0.3, -0.25) is 9.59 Å². The Hall–Kier alpha value is -2.26. The van der Waals surface area contributed by atoms with Crippen LogP contribution in [-0.2, 0) is 4.79 Å². The molecular formula is C14H13N3O2S. The lowest BCUT2D eigenvalue weighted by molar-refractivity contribution is -0.114. The third-order valence-electron chi connectivity index (χ3n) is 2.56. The fourth-order valence-corrected chi connectivity index (χ4v) is 2.44. The van der Waals surface area contributed by atoms with E-state index in [-0.39, 0.29) is 17.7 Å². The van der Waals surface area contributed by atoms with Crippen LogP contribution in [0.5, 0.6) is 0 Å². The number of amides is 2. The highest BCUT2D eigenvalue weighted by molar-refractivity contribution is 8.14. The van der Waals surface area contributed by atoms with Gasteiger partial charge in [0.25, 0.3) is 0 Å². The predicted molar refractivity (Wildman–Crippen MR) is 80.7 cm³/mol. The summed E-state index contributed by atoms with van der Waals surface area (Å²) >= 11 is 1.17. The molecule has 0 saturated carbocycles. The van der Waals surface area contributed by atoms with Crippen LogP contribution in [0.3, 0.4) is 0 Å². The van der Waals surface area contributed by atoms with Gasteiger partial charge in [0.2, 0.25) is 5.91 Å². The number of rotatable bonds is 3. The zero-order valence-corrected chi connectivity index (χ0v) is 11.7. The average Bonchev–Trinajstić information content (AvgIpc) is 2.42. The molecular weight excluding hydrogens is 274 g/mol. The molecule has 1 N–H and O–H groups in total. The lowest BCUT2D eigenvalue weighted by Crippen LogP contribution is -2.30. The van der Waals surface area contributed by atoms with Gasteiger partial charge in [-0.2, -0.15) is 5.10 Å². The van der Waals surface area contributed by atoms with E-state index in [1.807, 2.05) is 12.1 Å². The molecule has 1 aliphatic heterocycles. The van der Waals surface area contributed by atoms with E-state index in [2.05, 4.69) is 16.3 Å². The normalized spacial score (nSPS) is 14.5. The van der Waals surface area contributed by atoms with Crippen molar-refractivity contribution in [2.24, 2.45) is 5.10 Å². The molecule has 0 aromatic heterocycles. The molecule has 0 unspecified atom stereocenters. The molecule has 0 fully saturated rings. The first-order chi connectivity index (χ1) is 9.60. The highest BCUT2D eigenvalue weighted by Crippen LogP contribution is 2.20. The van der Waals surface area contributed by atoms with Gasteiger partial charge in [-0.15, -0.1) is 6.42 Å². The number of nitrogens with one attached hydrogen (secondary N) is 1. The number of terminal acetylenes is 1. The summed E-state index contributed by atoms with van der Waals surface area (Å²) in [7, 11) is 0. The van der Waals surface area contributed by atoms with E-state index in [9.17, 15) is 9.59 Å². The van der Waals surface area contributed by atoms with Gasteiger partial charge in [0.15, 0.2) is 0 Å². The number of hydrogen-bond donors (Lipinski definition) is 1. The summed E-state index contributed by atoms with van der Waals surface area (Å²) in [6.07, 6.45) is 5.21. The molecule has 1 aromatic carbocycles. The molecule has 102 valence electrons. The van der Waals surface area contributed by atoms with Crippen molar-refractivity contribution in [2.45, 2.75) is 6.92 Å². The molecule has 2 rings (SSSR count). The SMILES string of the molecule is C#CCN1N=C(c2ccc(NC(C)=O)cc2)CSC1=O. The summed E-state index contributed by atoms with van der Waals surface area (Å²) in [5.41, 5.74) is 2.42. The third-order valence-corrected chi connectivity index (χ3v) is 3.44. The van der Waals surface area contributed by atoms with Gasteiger partial charge in [0, 0.05) is 18.4 Å². The fourth-order valence-electron chi connectivity index (χ4n) is 1.70. The topological polar surface area (TPSA) is 61.8 Å². The van der Waals surface area contributed by atoms with Crippen LogP contribution in [0.4, 0.5) is 10.5 Å². The number of hydrazone groups is 1. The van der Waals surface area contributed by atoms with Crippen molar-refractivity contribution in [3.05, 3.63) is 29.8 Å². The molecule has 1 heterocycles. The van der Waals surface area contributed by atoms with E-state index in [0.29, 0.717) is 5.75 Å². The molecule has 0 atom stereocenters. The maximum Gasteiger partial charge on any atom is 0.303 e. The van der Waals surface area contributed by atoms with E-state index in [1.54, 1.807) is 12.1 Å². The molecule has 1 aromatic rings. The van der Waals surface area contributed by atoms with Crippen LogP contribution in [0.15, 0.2) is 29.4 Å². The van der Waals surface area contributed by atoms with Crippen molar-refractivity contribution in [1.29, 1.82) is 0 Å². The number of nitrogens with zero attached hydrogens (tertiary/aromatic N) is 2. The van der Waals surface area contributed by atoms with E-state index in [0.717, 1.165) is 17.0 Å². The Morgan fingerprint density at radius 1 is 1.50 bits per heavy atom. The molecule has 0 radical (unpaired) electrons. The standard InChI is InChI=1S/C14H13N3O2S/c1-3-8-17-14(19)20-9-13(16-17)11-4-6-12(7-5-11)15-10(2)18/h1,4-7H,8-9H2,2H3,(H,15,18). The molecule has 2 amide bonds. The molecule has 20 heavy (non-hydrogen) atoms. The first-order valence-electron chi connectivity index (χ1n) is 5.93. The highest BCUT2D eigenvalue weighted by Gasteiger charge is 2.21. The summed E-state index contributed by atoms with van der Waals surface area (Å²) in [5, 5.41) is 8.10. The van der Waals surface area contributed by atoms with Crippen LogP contribution in [0, 0.1) is 12.3 Å². The fraction of sp³-hybridized carbons (Fsp3) is 0.214. The van der Waals surface area contributed by atoms with E-state index < -0.39 is 0 Å². The van der Waals surface area contributed by atoms with Gasteiger partial charge >= 0.3 is 5.24 Å². The van der Waals surface area contributed by atoms with Crippen LogP contribution >= 0.6 is 11.8 Å². The minimum atomic E-state index is -0.137. The van der Waals surface area contributed by atoms with Crippen LogP contribution in [0.2, 0.25) is 0 Å². The van der Waals surface area contributed by atoms with Gasteiger partial charge in [-0.1, -0.05) is 29.8 Å². The zero-order valence-electron chi connectivity index (χ0n) is 10.9. The molecule has 0 aliphatic carbocycles. The Bertz CT molecular complexity index is 602. The molecule has 0 saturated heterocycles. The molecule has 6 heteroatoms. The van der Waals surface area contributed by atoms with Crippen molar-refractivity contribution in [3.63, 3.8) is 0 Å². The first-order valence-corrected chi connectivity index (χ1v) is 6.92. The van der Waals surface area contributed by atoms with Crippen molar-refractivity contribution in [1.82, 2.24) is 5.01 Å².